The maximum atomic E-state index is 11.1. The monoisotopic (exact) mass is 329 g/mol. The fraction of sp³-hybridized carbons (Fsp3) is 0.765. The quantitative estimate of drug-likeness (QED) is 0.227. The van der Waals surface area contributed by atoms with Gasteiger partial charge in [-0.1, -0.05) is 19.1 Å². The Hall–Kier alpha value is -1.40. The number of quaternary nitrogens is 1. The SMILES string of the molecule is C/C=C/CCCCC[N+](CO)(CC(C)C(=O)[O-])CC(C)C(=O)O. The van der Waals surface area contributed by atoms with Crippen molar-refractivity contribution in [1.29, 1.82) is 0 Å². The second kappa shape index (κ2) is 11.2. The minimum atomic E-state index is -1.17. The van der Waals surface area contributed by atoms with E-state index in [1.54, 1.807) is 6.92 Å². The van der Waals surface area contributed by atoms with Crippen LogP contribution in [0.2, 0.25) is 0 Å². The average molecular weight is 329 g/mol. The van der Waals surface area contributed by atoms with Gasteiger partial charge < -0.3 is 20.1 Å². The highest BCUT2D eigenvalue weighted by atomic mass is 16.4. The summed E-state index contributed by atoms with van der Waals surface area (Å²) in [5.74, 6) is -3.47. The lowest BCUT2D eigenvalue weighted by atomic mass is 10.0. The Kier molecular flexibility index (Phi) is 10.5. The van der Waals surface area contributed by atoms with E-state index in [-0.39, 0.29) is 24.3 Å². The van der Waals surface area contributed by atoms with Gasteiger partial charge in [0.15, 0.2) is 6.73 Å². The Balaban J connectivity index is 4.80. The van der Waals surface area contributed by atoms with E-state index in [0.717, 1.165) is 25.7 Å². The number of hydrogen-bond donors (Lipinski definition) is 2. The third-order valence-electron chi connectivity index (χ3n) is 4.19. The highest BCUT2D eigenvalue weighted by molar-refractivity contribution is 5.69. The molecule has 6 heteroatoms. The molecule has 0 amide bonds. The van der Waals surface area contributed by atoms with Crippen LogP contribution in [0.25, 0.3) is 0 Å². The first kappa shape index (κ1) is 21.6. The molecule has 0 bridgehead atoms. The number of carbonyl (C=O) groups excluding carboxylic acids is 1. The van der Waals surface area contributed by atoms with Gasteiger partial charge in [-0.15, -0.1) is 0 Å². The van der Waals surface area contributed by atoms with E-state index in [2.05, 4.69) is 6.08 Å². The molecule has 134 valence electrons. The third kappa shape index (κ3) is 8.71. The summed E-state index contributed by atoms with van der Waals surface area (Å²) in [6.07, 6.45) is 7.91. The average Bonchev–Trinajstić information content (AvgIpc) is 2.50. The zero-order valence-corrected chi connectivity index (χ0v) is 14.5. The van der Waals surface area contributed by atoms with Crippen LogP contribution in [-0.4, -0.2) is 53.0 Å². The molecule has 0 fully saturated rings. The van der Waals surface area contributed by atoms with Gasteiger partial charge in [0, 0.05) is 11.9 Å². The zero-order chi connectivity index (χ0) is 17.9. The first-order chi connectivity index (χ1) is 10.8. The van der Waals surface area contributed by atoms with Gasteiger partial charge in [-0.2, -0.15) is 0 Å². The summed E-state index contributed by atoms with van der Waals surface area (Å²) in [4.78, 5) is 22.2. The molecule has 0 aliphatic rings. The number of allylic oxidation sites excluding steroid dienone is 2. The van der Waals surface area contributed by atoms with Crippen molar-refractivity contribution >= 4 is 11.9 Å². The highest BCUT2D eigenvalue weighted by Gasteiger charge is 2.33. The van der Waals surface area contributed by atoms with E-state index < -0.39 is 23.8 Å². The molecule has 3 unspecified atom stereocenters. The first-order valence-electron chi connectivity index (χ1n) is 8.28. The minimum Gasteiger partial charge on any atom is -0.550 e. The Bertz CT molecular complexity index is 372. The van der Waals surface area contributed by atoms with E-state index in [9.17, 15) is 19.8 Å². The van der Waals surface area contributed by atoms with Gasteiger partial charge in [0.25, 0.3) is 0 Å². The molecule has 2 N–H and O–H groups in total. The highest BCUT2D eigenvalue weighted by Crippen LogP contribution is 2.18. The number of hydrogen-bond acceptors (Lipinski definition) is 4. The smallest absolute Gasteiger partial charge is 0.311 e. The molecule has 0 aromatic carbocycles. The molecule has 6 nitrogen and oxygen atoms in total. The minimum absolute atomic E-state index is 0.0895. The predicted octanol–water partition coefficient (Wildman–Crippen LogP) is 0.996. The number of unbranched alkanes of at least 4 members (excludes halogenated alkanes) is 3. The van der Waals surface area contributed by atoms with Crippen molar-refractivity contribution in [2.75, 3.05) is 26.4 Å². The van der Waals surface area contributed by atoms with Crippen LogP contribution in [0.15, 0.2) is 12.2 Å². The molecule has 0 heterocycles. The fourth-order valence-corrected chi connectivity index (χ4v) is 2.81. The first-order valence-corrected chi connectivity index (χ1v) is 8.28. The standard InChI is InChI=1S/C17H31NO5/c1-4-5-6-7-8-9-10-18(13-19,11-14(2)16(20)21)12-15(3)17(22)23/h4-5,14-15,19H,6-13H2,1-3H3,(H-,20,21,22,23)/b5-4+. The summed E-state index contributed by atoms with van der Waals surface area (Å²) >= 11 is 0. The van der Waals surface area contributed by atoms with Gasteiger partial charge in [0.2, 0.25) is 0 Å². The summed E-state index contributed by atoms with van der Waals surface area (Å²) in [5, 5.41) is 30.0. The van der Waals surface area contributed by atoms with Crippen molar-refractivity contribution in [3.8, 4) is 0 Å². The van der Waals surface area contributed by atoms with Crippen LogP contribution in [0.3, 0.4) is 0 Å². The van der Waals surface area contributed by atoms with Gasteiger partial charge in [0.1, 0.15) is 5.92 Å². The van der Waals surface area contributed by atoms with E-state index in [1.165, 1.54) is 6.92 Å². The molecule has 0 saturated carbocycles. The summed E-state index contributed by atoms with van der Waals surface area (Å²) in [7, 11) is 0. The van der Waals surface area contributed by atoms with Gasteiger partial charge in [-0.25, -0.2) is 0 Å². The number of carbonyl (C=O) groups is 2. The van der Waals surface area contributed by atoms with E-state index in [0.29, 0.717) is 6.54 Å². The number of carboxylic acid groups (broad SMARTS) is 2. The lowest BCUT2D eigenvalue weighted by Crippen LogP contribution is -2.56. The zero-order valence-electron chi connectivity index (χ0n) is 14.5. The molecule has 0 aliphatic carbocycles. The molecule has 0 radical (unpaired) electrons. The van der Waals surface area contributed by atoms with Crippen LogP contribution >= 0.6 is 0 Å². The Labute approximate surface area is 139 Å². The summed E-state index contributed by atoms with van der Waals surface area (Å²) in [5.41, 5.74) is 0. The Morgan fingerprint density at radius 3 is 2.22 bits per heavy atom. The van der Waals surface area contributed by atoms with Crippen LogP contribution in [0, 0.1) is 11.8 Å². The summed E-state index contributed by atoms with van der Waals surface area (Å²) in [6, 6.07) is 0. The predicted molar refractivity (Wildman–Crippen MR) is 86.2 cm³/mol. The molecule has 3 atom stereocenters. The van der Waals surface area contributed by atoms with Crippen LogP contribution in [-0.2, 0) is 9.59 Å². The second-order valence-electron chi connectivity index (χ2n) is 6.45. The van der Waals surface area contributed by atoms with Gasteiger partial charge in [0.05, 0.1) is 19.6 Å². The molecular formula is C17H31NO5. The largest absolute Gasteiger partial charge is 0.550 e. The van der Waals surface area contributed by atoms with E-state index >= 15 is 0 Å². The van der Waals surface area contributed by atoms with Gasteiger partial charge in [-0.3, -0.25) is 9.28 Å². The molecule has 23 heavy (non-hydrogen) atoms. The lowest BCUT2D eigenvalue weighted by molar-refractivity contribution is -0.949. The topological polar surface area (TPSA) is 97.7 Å². The van der Waals surface area contributed by atoms with Crippen LogP contribution in [0.4, 0.5) is 0 Å². The van der Waals surface area contributed by atoms with Crippen molar-refractivity contribution in [2.45, 2.75) is 46.5 Å². The van der Waals surface area contributed by atoms with Crippen LogP contribution in [0.1, 0.15) is 46.5 Å². The number of carboxylic acids is 2. The fourth-order valence-electron chi connectivity index (χ4n) is 2.81. The number of aliphatic hydroxyl groups excluding tert-OH is 1. The number of aliphatic carboxylic acids is 2. The Morgan fingerprint density at radius 1 is 1.13 bits per heavy atom. The number of aliphatic hydroxyl groups is 1. The molecule has 0 aromatic rings. The molecule has 0 aliphatic heterocycles. The second-order valence-corrected chi connectivity index (χ2v) is 6.45. The van der Waals surface area contributed by atoms with Gasteiger partial charge >= 0.3 is 5.97 Å². The van der Waals surface area contributed by atoms with Crippen molar-refractivity contribution in [3.05, 3.63) is 12.2 Å². The third-order valence-corrected chi connectivity index (χ3v) is 4.19. The molecule has 0 aromatic heterocycles. The van der Waals surface area contributed by atoms with Crippen LogP contribution < -0.4 is 5.11 Å². The van der Waals surface area contributed by atoms with E-state index in [1.807, 2.05) is 13.0 Å². The van der Waals surface area contributed by atoms with E-state index in [4.69, 9.17) is 5.11 Å². The molecule has 0 saturated heterocycles. The van der Waals surface area contributed by atoms with Crippen molar-refractivity contribution < 1.29 is 29.4 Å². The van der Waals surface area contributed by atoms with Crippen LogP contribution in [0.5, 0.6) is 0 Å². The Morgan fingerprint density at radius 2 is 1.74 bits per heavy atom. The maximum absolute atomic E-state index is 11.1. The lowest BCUT2D eigenvalue weighted by Gasteiger charge is -2.40. The summed E-state index contributed by atoms with van der Waals surface area (Å²) in [6.45, 7) is 5.81. The molecule has 0 rings (SSSR count). The number of nitrogens with zero attached hydrogens (tertiary/aromatic N) is 1. The molecular weight excluding hydrogens is 298 g/mol. The number of rotatable bonds is 13. The normalized spacial score (nSPS) is 16.9. The van der Waals surface area contributed by atoms with Gasteiger partial charge in [-0.05, 0) is 39.5 Å². The van der Waals surface area contributed by atoms with Crippen molar-refractivity contribution in [1.82, 2.24) is 0 Å². The maximum Gasteiger partial charge on any atom is 0.311 e. The summed E-state index contributed by atoms with van der Waals surface area (Å²) < 4.78 is 0.0895. The van der Waals surface area contributed by atoms with Crippen molar-refractivity contribution in [3.63, 3.8) is 0 Å². The molecule has 0 spiro atoms. The van der Waals surface area contributed by atoms with Crippen molar-refractivity contribution in [2.24, 2.45) is 11.8 Å².